The summed E-state index contributed by atoms with van der Waals surface area (Å²) in [5.74, 6) is -3.68. The van der Waals surface area contributed by atoms with Gasteiger partial charge in [-0.3, -0.25) is 0 Å². The van der Waals surface area contributed by atoms with Gasteiger partial charge in [0.2, 0.25) is 0 Å². The molecule has 0 rings (SSSR count). The van der Waals surface area contributed by atoms with Crippen molar-refractivity contribution in [3.05, 3.63) is 0 Å². The molecule has 0 aromatic heterocycles. The standard InChI is InChI=1S/C6H10O8.Ca.2H/c7-1(3(9)5(11)12)2(8)4(10)6(13)14;;;/h1-4,7-10H,(H,11,12)(H,13,14);;;. The molecule has 0 amide bonds. The zero-order chi connectivity index (χ0) is 11.5. The summed E-state index contributed by atoms with van der Waals surface area (Å²) in [6.07, 6.45) is -9.28. The molecule has 8 nitrogen and oxygen atoms in total. The Morgan fingerprint density at radius 2 is 0.933 bits per heavy atom. The van der Waals surface area contributed by atoms with Crippen LogP contribution in [0.5, 0.6) is 0 Å². The van der Waals surface area contributed by atoms with Gasteiger partial charge in [0.1, 0.15) is 12.2 Å². The Labute approximate surface area is 114 Å². The SMILES string of the molecule is O=C(O)C(O)C(O)C(O)C(O)C(=O)O.[CaH2]. The van der Waals surface area contributed by atoms with E-state index in [2.05, 4.69) is 0 Å². The van der Waals surface area contributed by atoms with E-state index in [9.17, 15) is 9.59 Å². The van der Waals surface area contributed by atoms with Gasteiger partial charge < -0.3 is 30.6 Å². The van der Waals surface area contributed by atoms with Gasteiger partial charge in [-0.25, -0.2) is 9.59 Å². The Balaban J connectivity index is 0. The van der Waals surface area contributed by atoms with Crippen LogP contribution in [0, 0.1) is 0 Å². The first kappa shape index (κ1) is 17.4. The second-order valence-electron chi connectivity index (χ2n) is 2.55. The van der Waals surface area contributed by atoms with Crippen LogP contribution in [-0.4, -0.2) is 105 Å². The molecule has 15 heavy (non-hydrogen) atoms. The molecule has 0 radical (unpaired) electrons. The maximum atomic E-state index is 10.1. The van der Waals surface area contributed by atoms with Gasteiger partial charge in [-0.15, -0.1) is 0 Å². The predicted molar refractivity (Wildman–Crippen MR) is 47.8 cm³/mol. The van der Waals surface area contributed by atoms with Gasteiger partial charge >= 0.3 is 49.7 Å². The molecule has 6 N–H and O–H groups in total. The first-order valence-corrected chi connectivity index (χ1v) is 3.47. The number of carboxylic acid groups (broad SMARTS) is 2. The maximum absolute atomic E-state index is 10.1. The number of rotatable bonds is 5. The van der Waals surface area contributed by atoms with Gasteiger partial charge in [0, 0.05) is 0 Å². The van der Waals surface area contributed by atoms with Crippen LogP contribution >= 0.6 is 0 Å². The van der Waals surface area contributed by atoms with Crippen LogP contribution in [0.1, 0.15) is 0 Å². The molecule has 0 aliphatic heterocycles. The third kappa shape index (κ3) is 5.07. The van der Waals surface area contributed by atoms with E-state index in [4.69, 9.17) is 30.6 Å². The molecular weight excluding hydrogens is 240 g/mol. The summed E-state index contributed by atoms with van der Waals surface area (Å²) in [6, 6.07) is 0. The van der Waals surface area contributed by atoms with Crippen molar-refractivity contribution in [2.24, 2.45) is 0 Å². The molecule has 0 bridgehead atoms. The van der Waals surface area contributed by atoms with Gasteiger partial charge in [-0.05, 0) is 0 Å². The first-order valence-electron chi connectivity index (χ1n) is 3.47. The topological polar surface area (TPSA) is 156 Å². The molecule has 0 heterocycles. The quantitative estimate of drug-likeness (QED) is 0.268. The molecule has 0 saturated heterocycles. The monoisotopic (exact) mass is 252 g/mol. The minimum atomic E-state index is -2.36. The van der Waals surface area contributed by atoms with E-state index in [1.165, 1.54) is 0 Å². The number of hydrogen-bond donors (Lipinski definition) is 6. The van der Waals surface area contributed by atoms with Gasteiger partial charge in [-0.2, -0.15) is 0 Å². The second-order valence-corrected chi connectivity index (χ2v) is 2.55. The first-order chi connectivity index (χ1) is 6.29. The molecule has 4 atom stereocenters. The molecule has 0 saturated carbocycles. The van der Waals surface area contributed by atoms with Crippen molar-refractivity contribution in [3.63, 3.8) is 0 Å². The average molecular weight is 252 g/mol. The van der Waals surface area contributed by atoms with Crippen molar-refractivity contribution >= 4 is 49.7 Å². The number of carboxylic acids is 2. The van der Waals surface area contributed by atoms with Crippen LogP contribution in [-0.2, 0) is 9.59 Å². The Hall–Kier alpha value is 0.0397. The molecule has 0 aliphatic rings. The summed E-state index contributed by atoms with van der Waals surface area (Å²) in [5.41, 5.74) is 0. The van der Waals surface area contributed by atoms with Gasteiger partial charge in [0.05, 0.1) is 0 Å². The number of aliphatic hydroxyl groups is 4. The molecule has 86 valence electrons. The van der Waals surface area contributed by atoms with Crippen LogP contribution in [0.25, 0.3) is 0 Å². The van der Waals surface area contributed by atoms with Crippen molar-refractivity contribution in [2.45, 2.75) is 24.4 Å². The average Bonchev–Trinajstić information content (AvgIpc) is 2.12. The van der Waals surface area contributed by atoms with Crippen molar-refractivity contribution in [2.75, 3.05) is 0 Å². The van der Waals surface area contributed by atoms with E-state index < -0.39 is 36.4 Å². The predicted octanol–water partition coefficient (Wildman–Crippen LogP) is -4.32. The van der Waals surface area contributed by atoms with Crippen LogP contribution in [0.3, 0.4) is 0 Å². The summed E-state index contributed by atoms with van der Waals surface area (Å²) in [5, 5.41) is 51.5. The van der Waals surface area contributed by atoms with Crippen LogP contribution in [0.2, 0.25) is 0 Å². The van der Waals surface area contributed by atoms with Gasteiger partial charge in [-0.1, -0.05) is 0 Å². The normalized spacial score (nSPS) is 18.1. The Morgan fingerprint density at radius 1 is 0.733 bits per heavy atom. The molecule has 4 unspecified atom stereocenters. The van der Waals surface area contributed by atoms with E-state index in [1.54, 1.807) is 0 Å². The van der Waals surface area contributed by atoms with Crippen molar-refractivity contribution in [1.82, 2.24) is 0 Å². The molecule has 0 aromatic carbocycles. The fourth-order valence-corrected chi connectivity index (χ4v) is 0.666. The Kier molecular flexibility index (Phi) is 8.53. The number of carbonyl (C=O) groups is 2. The fourth-order valence-electron chi connectivity index (χ4n) is 0.666. The Bertz CT molecular complexity index is 207. The summed E-state index contributed by atoms with van der Waals surface area (Å²) >= 11 is 0. The molecule has 0 aromatic rings. The zero-order valence-electron chi connectivity index (χ0n) is 6.81. The van der Waals surface area contributed by atoms with E-state index in [-0.39, 0.29) is 37.7 Å². The summed E-state index contributed by atoms with van der Waals surface area (Å²) in [6.45, 7) is 0. The minimum absolute atomic E-state index is 0. The van der Waals surface area contributed by atoms with Crippen molar-refractivity contribution in [1.29, 1.82) is 0 Å². The van der Waals surface area contributed by atoms with Gasteiger partial charge in [0.25, 0.3) is 0 Å². The van der Waals surface area contributed by atoms with Crippen LogP contribution < -0.4 is 0 Å². The number of aliphatic carboxylic acids is 2. The summed E-state index contributed by atoms with van der Waals surface area (Å²) in [4.78, 5) is 20.2. The van der Waals surface area contributed by atoms with E-state index in [0.717, 1.165) is 0 Å². The zero-order valence-corrected chi connectivity index (χ0v) is 6.81. The summed E-state index contributed by atoms with van der Waals surface area (Å²) < 4.78 is 0. The Morgan fingerprint density at radius 3 is 1.07 bits per heavy atom. The van der Waals surface area contributed by atoms with Crippen molar-refractivity contribution < 1.29 is 40.2 Å². The molecule has 0 aliphatic carbocycles. The third-order valence-corrected chi connectivity index (χ3v) is 1.50. The van der Waals surface area contributed by atoms with Crippen LogP contribution in [0.15, 0.2) is 0 Å². The number of hydrogen-bond acceptors (Lipinski definition) is 6. The van der Waals surface area contributed by atoms with Crippen molar-refractivity contribution in [3.8, 4) is 0 Å². The molecule has 0 spiro atoms. The van der Waals surface area contributed by atoms with Crippen LogP contribution in [0.4, 0.5) is 0 Å². The summed E-state index contributed by atoms with van der Waals surface area (Å²) in [7, 11) is 0. The molecule has 0 fully saturated rings. The second kappa shape index (κ2) is 7.34. The van der Waals surface area contributed by atoms with E-state index >= 15 is 0 Å². The number of aliphatic hydroxyl groups excluding tert-OH is 4. The molecule has 9 heteroatoms. The van der Waals surface area contributed by atoms with Gasteiger partial charge in [0.15, 0.2) is 12.2 Å². The molecular formula is C6H12CaO8. The van der Waals surface area contributed by atoms with E-state index in [1.807, 2.05) is 0 Å². The third-order valence-electron chi connectivity index (χ3n) is 1.50. The van der Waals surface area contributed by atoms with E-state index in [0.29, 0.717) is 0 Å². The fraction of sp³-hybridized carbons (Fsp3) is 0.667.